The fourth-order valence-corrected chi connectivity index (χ4v) is 7.03. The van der Waals surface area contributed by atoms with Crippen molar-refractivity contribution in [2.45, 2.75) is 10.2 Å². The van der Waals surface area contributed by atoms with Gasteiger partial charge in [0.05, 0.1) is 16.2 Å². The van der Waals surface area contributed by atoms with E-state index >= 15 is 0 Å². The molecule has 3 aliphatic carbocycles. The number of likely N-dealkylation sites (tertiary alicyclic amines) is 1. The standard InChI is InChI=1S/C26H19BrN2O4/c27-26-18-10-3-1-8-16(18)21(17-9-2-4-11-19(17)26)22-23(26)25(33)29(24(22)32)13-20(31)28-14-6-5-7-15(30)12-14/h1-12,21-23,30H,13H2,(H,28,31)/t21?,22-,23+,26?/m0/s1. The number of phenols is 1. The van der Waals surface area contributed by atoms with E-state index < -0.39 is 22.1 Å². The number of hydrogen-bond acceptors (Lipinski definition) is 4. The summed E-state index contributed by atoms with van der Waals surface area (Å²) in [6.07, 6.45) is 0. The third-order valence-electron chi connectivity index (χ3n) is 7.04. The van der Waals surface area contributed by atoms with Crippen LogP contribution in [-0.4, -0.2) is 34.3 Å². The molecule has 6 nitrogen and oxygen atoms in total. The summed E-state index contributed by atoms with van der Waals surface area (Å²) in [4.78, 5) is 41.1. The highest BCUT2D eigenvalue weighted by molar-refractivity contribution is 9.09. The first-order valence-corrected chi connectivity index (χ1v) is 11.5. The van der Waals surface area contributed by atoms with E-state index in [2.05, 4.69) is 21.2 Å². The van der Waals surface area contributed by atoms with Gasteiger partial charge in [-0.1, -0.05) is 70.5 Å². The van der Waals surface area contributed by atoms with Crippen molar-refractivity contribution in [2.75, 3.05) is 11.9 Å². The number of benzene rings is 3. The zero-order valence-corrected chi connectivity index (χ0v) is 19.0. The lowest BCUT2D eigenvalue weighted by Gasteiger charge is -2.51. The molecule has 3 aromatic carbocycles. The number of rotatable bonds is 3. The van der Waals surface area contributed by atoms with Gasteiger partial charge in [0.25, 0.3) is 0 Å². The first-order chi connectivity index (χ1) is 15.9. The van der Waals surface area contributed by atoms with Gasteiger partial charge in [0.2, 0.25) is 17.7 Å². The number of halogens is 1. The minimum Gasteiger partial charge on any atom is -0.508 e. The molecule has 1 fully saturated rings. The van der Waals surface area contributed by atoms with Crippen LogP contribution in [0, 0.1) is 11.8 Å². The number of nitrogens with zero attached hydrogens (tertiary/aromatic N) is 1. The molecule has 4 aliphatic rings. The molecular weight excluding hydrogens is 484 g/mol. The molecule has 2 bridgehead atoms. The second-order valence-corrected chi connectivity index (χ2v) is 9.98. The summed E-state index contributed by atoms with van der Waals surface area (Å²) < 4.78 is -0.831. The van der Waals surface area contributed by atoms with E-state index in [1.54, 1.807) is 12.1 Å². The van der Waals surface area contributed by atoms with Gasteiger partial charge in [-0.15, -0.1) is 0 Å². The molecule has 0 spiro atoms. The second-order valence-electron chi connectivity index (χ2n) is 8.73. The topological polar surface area (TPSA) is 86.7 Å². The van der Waals surface area contributed by atoms with Crippen LogP contribution in [0.5, 0.6) is 5.75 Å². The van der Waals surface area contributed by atoms with Crippen molar-refractivity contribution in [3.63, 3.8) is 0 Å². The Kier molecular flexibility index (Phi) is 4.29. The fraction of sp³-hybridized carbons (Fsp3) is 0.192. The van der Waals surface area contributed by atoms with Crippen molar-refractivity contribution in [2.24, 2.45) is 11.8 Å². The first kappa shape index (κ1) is 20.2. The van der Waals surface area contributed by atoms with Crippen LogP contribution < -0.4 is 5.32 Å². The minimum atomic E-state index is -0.831. The van der Waals surface area contributed by atoms with Crippen LogP contribution in [0.1, 0.15) is 28.2 Å². The number of phenolic OH excluding ortho intramolecular Hbond substituents is 1. The molecule has 3 aromatic rings. The Morgan fingerprint density at radius 2 is 1.58 bits per heavy atom. The number of carbonyl (C=O) groups excluding carboxylic acids is 3. The van der Waals surface area contributed by atoms with E-state index in [4.69, 9.17) is 0 Å². The summed E-state index contributed by atoms with van der Waals surface area (Å²) in [5, 5.41) is 12.3. The van der Waals surface area contributed by atoms with E-state index in [1.807, 2.05) is 48.5 Å². The number of imide groups is 1. The number of alkyl halides is 1. The predicted molar refractivity (Wildman–Crippen MR) is 125 cm³/mol. The summed E-state index contributed by atoms with van der Waals surface area (Å²) in [6.45, 7) is -0.372. The molecule has 164 valence electrons. The van der Waals surface area contributed by atoms with E-state index in [0.29, 0.717) is 5.69 Å². The highest BCUT2D eigenvalue weighted by Crippen LogP contribution is 2.66. The molecule has 1 heterocycles. The van der Waals surface area contributed by atoms with Gasteiger partial charge < -0.3 is 10.4 Å². The van der Waals surface area contributed by atoms with Gasteiger partial charge in [0.1, 0.15) is 12.3 Å². The van der Waals surface area contributed by atoms with Gasteiger partial charge in [-0.05, 0) is 34.4 Å². The third-order valence-corrected chi connectivity index (χ3v) is 8.38. The summed E-state index contributed by atoms with van der Waals surface area (Å²) in [6, 6.07) is 22.0. The Balaban J connectivity index is 1.39. The maximum absolute atomic E-state index is 13.7. The number of carbonyl (C=O) groups is 3. The fourth-order valence-electron chi connectivity index (χ4n) is 5.82. The second kappa shape index (κ2) is 7.02. The highest BCUT2D eigenvalue weighted by Gasteiger charge is 2.67. The lowest BCUT2D eigenvalue weighted by atomic mass is 9.55. The Bertz CT molecular complexity index is 1310. The molecule has 1 saturated heterocycles. The smallest absolute Gasteiger partial charge is 0.244 e. The van der Waals surface area contributed by atoms with Gasteiger partial charge in [0.15, 0.2) is 0 Å². The molecule has 7 heteroatoms. The van der Waals surface area contributed by atoms with Gasteiger partial charge in [-0.25, -0.2) is 0 Å². The Morgan fingerprint density at radius 3 is 2.21 bits per heavy atom. The van der Waals surface area contributed by atoms with Crippen molar-refractivity contribution in [1.82, 2.24) is 4.90 Å². The summed E-state index contributed by atoms with van der Waals surface area (Å²) in [5.41, 5.74) is 4.49. The van der Waals surface area contributed by atoms with Crippen molar-refractivity contribution in [1.29, 1.82) is 0 Å². The monoisotopic (exact) mass is 502 g/mol. The van der Waals surface area contributed by atoms with E-state index in [9.17, 15) is 19.5 Å². The molecular formula is C26H19BrN2O4. The van der Waals surface area contributed by atoms with Gasteiger partial charge >= 0.3 is 0 Å². The van der Waals surface area contributed by atoms with Crippen molar-refractivity contribution < 1.29 is 19.5 Å². The Morgan fingerprint density at radius 1 is 0.939 bits per heavy atom. The SMILES string of the molecule is O=C(CN1C(=O)[C@H]2C3c4ccccc4C(Br)(c4ccccc43)[C@H]2C1=O)Nc1cccc(O)c1. The number of hydrogen-bond donors (Lipinski definition) is 2. The molecule has 7 rings (SSSR count). The number of anilines is 1. The van der Waals surface area contributed by atoms with Gasteiger partial charge in [-0.2, -0.15) is 0 Å². The van der Waals surface area contributed by atoms with Gasteiger partial charge in [0, 0.05) is 17.7 Å². The average Bonchev–Trinajstić information content (AvgIpc) is 3.06. The molecule has 2 N–H and O–H groups in total. The van der Waals surface area contributed by atoms with Gasteiger partial charge in [-0.3, -0.25) is 19.3 Å². The molecule has 1 aliphatic heterocycles. The number of aromatic hydroxyl groups is 1. The molecule has 33 heavy (non-hydrogen) atoms. The van der Waals surface area contributed by atoms with Crippen molar-refractivity contribution in [3.05, 3.63) is 95.1 Å². The van der Waals surface area contributed by atoms with Crippen LogP contribution in [0.4, 0.5) is 5.69 Å². The lowest BCUT2D eigenvalue weighted by molar-refractivity contribution is -0.142. The molecule has 0 unspecified atom stereocenters. The molecule has 0 saturated carbocycles. The molecule has 2 atom stereocenters. The van der Waals surface area contributed by atoms with Crippen LogP contribution in [-0.2, 0) is 18.7 Å². The number of nitrogens with one attached hydrogen (secondary N) is 1. The lowest BCUT2D eigenvalue weighted by Crippen LogP contribution is -2.50. The average molecular weight is 503 g/mol. The third kappa shape index (κ3) is 2.69. The van der Waals surface area contributed by atoms with Crippen LogP contribution in [0.25, 0.3) is 0 Å². The van der Waals surface area contributed by atoms with Crippen LogP contribution in [0.3, 0.4) is 0 Å². The zero-order chi connectivity index (χ0) is 22.9. The molecule has 3 amide bonds. The number of amides is 3. The van der Waals surface area contributed by atoms with Crippen molar-refractivity contribution >= 4 is 39.3 Å². The largest absolute Gasteiger partial charge is 0.508 e. The van der Waals surface area contributed by atoms with Crippen LogP contribution >= 0.6 is 15.9 Å². The predicted octanol–water partition coefficient (Wildman–Crippen LogP) is 3.73. The maximum atomic E-state index is 13.7. The Labute approximate surface area is 198 Å². The molecule has 0 aromatic heterocycles. The van der Waals surface area contributed by atoms with Crippen LogP contribution in [0.15, 0.2) is 72.8 Å². The highest BCUT2D eigenvalue weighted by atomic mass is 79.9. The first-order valence-electron chi connectivity index (χ1n) is 10.7. The minimum absolute atomic E-state index is 0.0143. The van der Waals surface area contributed by atoms with Crippen LogP contribution in [0.2, 0.25) is 0 Å². The quantitative estimate of drug-likeness (QED) is 0.422. The summed E-state index contributed by atoms with van der Waals surface area (Å²) in [5.74, 6) is -2.59. The van der Waals surface area contributed by atoms with E-state index in [-0.39, 0.29) is 30.0 Å². The van der Waals surface area contributed by atoms with E-state index in [0.717, 1.165) is 27.2 Å². The Hall–Kier alpha value is -3.45. The normalized spacial score (nSPS) is 26.6. The maximum Gasteiger partial charge on any atom is 0.244 e. The summed E-state index contributed by atoms with van der Waals surface area (Å²) >= 11 is 3.93. The van der Waals surface area contributed by atoms with Crippen molar-refractivity contribution in [3.8, 4) is 5.75 Å². The van der Waals surface area contributed by atoms with E-state index in [1.165, 1.54) is 12.1 Å². The molecule has 0 radical (unpaired) electrons. The zero-order valence-electron chi connectivity index (χ0n) is 17.4. The summed E-state index contributed by atoms with van der Waals surface area (Å²) in [7, 11) is 0.